The van der Waals surface area contributed by atoms with E-state index >= 15 is 0 Å². The molecule has 1 aliphatic rings. The lowest BCUT2D eigenvalue weighted by Gasteiger charge is -2.16. The highest BCUT2D eigenvalue weighted by Gasteiger charge is 2.27. The second kappa shape index (κ2) is 8.99. The zero-order valence-electron chi connectivity index (χ0n) is 15.4. The predicted molar refractivity (Wildman–Crippen MR) is 106 cm³/mol. The Morgan fingerprint density at radius 3 is 2.39 bits per heavy atom. The van der Waals surface area contributed by atoms with Crippen LogP contribution in [0.15, 0.2) is 59.5 Å². The standard InChI is InChI=1S/C20H23N3O4S/c24-19(11-12-21-20(25)16-7-2-1-3-8-16)22-17-9-6-10-18(15-17)28(26,27)23-13-4-5-14-23/h1-3,6-10,15H,4-5,11-14H2,(H,21,25)(H,22,24). The molecule has 2 aromatic carbocycles. The van der Waals surface area contributed by atoms with Crippen molar-refractivity contribution < 1.29 is 18.0 Å². The van der Waals surface area contributed by atoms with Gasteiger partial charge < -0.3 is 10.6 Å². The van der Waals surface area contributed by atoms with Crippen molar-refractivity contribution in [2.75, 3.05) is 25.0 Å². The van der Waals surface area contributed by atoms with Gasteiger partial charge in [-0.3, -0.25) is 9.59 Å². The van der Waals surface area contributed by atoms with Crippen molar-refractivity contribution in [1.29, 1.82) is 0 Å². The number of hydrogen-bond acceptors (Lipinski definition) is 4. The lowest BCUT2D eigenvalue weighted by molar-refractivity contribution is -0.116. The van der Waals surface area contributed by atoms with Gasteiger partial charge in [0, 0.05) is 37.3 Å². The van der Waals surface area contributed by atoms with Crippen molar-refractivity contribution >= 4 is 27.5 Å². The molecule has 0 aliphatic carbocycles. The molecule has 0 atom stereocenters. The van der Waals surface area contributed by atoms with Crippen LogP contribution in [0.5, 0.6) is 0 Å². The smallest absolute Gasteiger partial charge is 0.251 e. The van der Waals surface area contributed by atoms with Crippen molar-refractivity contribution in [1.82, 2.24) is 9.62 Å². The summed E-state index contributed by atoms with van der Waals surface area (Å²) in [5.74, 6) is -0.545. The summed E-state index contributed by atoms with van der Waals surface area (Å²) in [6.07, 6.45) is 1.82. The topological polar surface area (TPSA) is 95.6 Å². The van der Waals surface area contributed by atoms with Gasteiger partial charge in [-0.15, -0.1) is 0 Å². The van der Waals surface area contributed by atoms with Crippen LogP contribution < -0.4 is 10.6 Å². The van der Waals surface area contributed by atoms with E-state index in [2.05, 4.69) is 10.6 Å². The van der Waals surface area contributed by atoms with Crippen LogP contribution in [0.3, 0.4) is 0 Å². The Balaban J connectivity index is 1.54. The molecule has 0 radical (unpaired) electrons. The van der Waals surface area contributed by atoms with Crippen molar-refractivity contribution in [3.63, 3.8) is 0 Å². The van der Waals surface area contributed by atoms with Crippen molar-refractivity contribution in [2.24, 2.45) is 0 Å². The minimum Gasteiger partial charge on any atom is -0.352 e. The molecule has 2 amide bonds. The van der Waals surface area contributed by atoms with E-state index < -0.39 is 10.0 Å². The maximum atomic E-state index is 12.6. The van der Waals surface area contributed by atoms with E-state index in [0.29, 0.717) is 24.3 Å². The Hall–Kier alpha value is -2.71. The molecule has 1 saturated heterocycles. The molecular weight excluding hydrogens is 378 g/mol. The number of amides is 2. The Kier molecular flexibility index (Phi) is 6.43. The molecule has 0 aromatic heterocycles. The summed E-state index contributed by atoms with van der Waals surface area (Å²) < 4.78 is 26.7. The highest BCUT2D eigenvalue weighted by Crippen LogP contribution is 2.23. The van der Waals surface area contributed by atoms with Crippen LogP contribution in [0.4, 0.5) is 5.69 Å². The molecule has 0 bridgehead atoms. The average molecular weight is 401 g/mol. The zero-order chi connectivity index (χ0) is 20.0. The number of carbonyl (C=O) groups is 2. The molecule has 1 fully saturated rings. The number of rotatable bonds is 7. The summed E-state index contributed by atoms with van der Waals surface area (Å²) in [7, 11) is -3.53. The van der Waals surface area contributed by atoms with Crippen molar-refractivity contribution in [2.45, 2.75) is 24.2 Å². The molecule has 0 saturated carbocycles. The van der Waals surface area contributed by atoms with Gasteiger partial charge in [-0.25, -0.2) is 8.42 Å². The summed E-state index contributed by atoms with van der Waals surface area (Å²) in [5.41, 5.74) is 0.947. The lowest BCUT2D eigenvalue weighted by Crippen LogP contribution is -2.28. The summed E-state index contributed by atoms with van der Waals surface area (Å²) in [5, 5.41) is 5.37. The summed E-state index contributed by atoms with van der Waals surface area (Å²) in [4.78, 5) is 24.2. The predicted octanol–water partition coefficient (Wildman–Crippen LogP) is 2.23. The highest BCUT2D eigenvalue weighted by molar-refractivity contribution is 7.89. The molecule has 1 aliphatic heterocycles. The first kappa shape index (κ1) is 20.0. The number of benzene rings is 2. The maximum absolute atomic E-state index is 12.6. The number of nitrogens with one attached hydrogen (secondary N) is 2. The quantitative estimate of drug-likeness (QED) is 0.744. The van der Waals surface area contributed by atoms with Gasteiger partial charge in [0.25, 0.3) is 5.91 Å². The van der Waals surface area contributed by atoms with E-state index in [1.165, 1.54) is 16.4 Å². The molecule has 2 N–H and O–H groups in total. The number of carbonyl (C=O) groups excluding carboxylic acids is 2. The lowest BCUT2D eigenvalue weighted by atomic mass is 10.2. The second-order valence-electron chi connectivity index (χ2n) is 6.56. The molecule has 0 unspecified atom stereocenters. The monoisotopic (exact) mass is 401 g/mol. The molecule has 28 heavy (non-hydrogen) atoms. The molecule has 1 heterocycles. The first-order chi connectivity index (χ1) is 13.5. The number of sulfonamides is 1. The van der Waals surface area contributed by atoms with Gasteiger partial charge in [0.05, 0.1) is 4.90 Å². The first-order valence-electron chi connectivity index (χ1n) is 9.20. The Morgan fingerprint density at radius 1 is 0.964 bits per heavy atom. The van der Waals surface area contributed by atoms with Crippen LogP contribution in [-0.4, -0.2) is 44.2 Å². The molecule has 8 heteroatoms. The maximum Gasteiger partial charge on any atom is 0.251 e. The van der Waals surface area contributed by atoms with Gasteiger partial charge in [0.15, 0.2) is 0 Å². The number of anilines is 1. The minimum absolute atomic E-state index is 0.0850. The highest BCUT2D eigenvalue weighted by atomic mass is 32.2. The third kappa shape index (κ3) is 4.96. The molecule has 7 nitrogen and oxygen atoms in total. The van der Waals surface area contributed by atoms with E-state index in [-0.39, 0.29) is 29.7 Å². The van der Waals surface area contributed by atoms with Gasteiger partial charge in [-0.05, 0) is 43.2 Å². The van der Waals surface area contributed by atoms with E-state index in [4.69, 9.17) is 0 Å². The third-order valence-electron chi connectivity index (χ3n) is 4.49. The van der Waals surface area contributed by atoms with Crippen LogP contribution in [-0.2, 0) is 14.8 Å². The molecule has 0 spiro atoms. The fraction of sp³-hybridized carbons (Fsp3) is 0.300. The summed E-state index contributed by atoms with van der Waals surface area (Å²) in [6, 6.07) is 15.0. The Labute approximate surface area is 164 Å². The van der Waals surface area contributed by atoms with Gasteiger partial charge in [-0.1, -0.05) is 24.3 Å². The first-order valence-corrected chi connectivity index (χ1v) is 10.6. The number of nitrogens with zero attached hydrogens (tertiary/aromatic N) is 1. The van der Waals surface area contributed by atoms with Gasteiger partial charge in [-0.2, -0.15) is 4.31 Å². The van der Waals surface area contributed by atoms with Gasteiger partial charge in [0.1, 0.15) is 0 Å². The van der Waals surface area contributed by atoms with E-state index in [1.807, 2.05) is 6.07 Å². The molecular formula is C20H23N3O4S. The minimum atomic E-state index is -3.53. The summed E-state index contributed by atoms with van der Waals surface area (Å²) >= 11 is 0. The zero-order valence-corrected chi connectivity index (χ0v) is 16.2. The van der Waals surface area contributed by atoms with Crippen LogP contribution in [0.1, 0.15) is 29.6 Å². The molecule has 2 aromatic rings. The van der Waals surface area contributed by atoms with Crippen molar-refractivity contribution in [3.05, 3.63) is 60.2 Å². The molecule has 3 rings (SSSR count). The van der Waals surface area contributed by atoms with E-state index in [9.17, 15) is 18.0 Å². The van der Waals surface area contributed by atoms with E-state index in [0.717, 1.165) is 12.8 Å². The molecule has 148 valence electrons. The van der Waals surface area contributed by atoms with Gasteiger partial charge >= 0.3 is 0 Å². The Bertz CT molecular complexity index is 939. The van der Waals surface area contributed by atoms with E-state index in [1.54, 1.807) is 36.4 Å². The van der Waals surface area contributed by atoms with Crippen LogP contribution >= 0.6 is 0 Å². The SMILES string of the molecule is O=C(CCNC(=O)c1ccccc1)Nc1cccc(S(=O)(=O)N2CCCC2)c1. The third-order valence-corrected chi connectivity index (χ3v) is 6.39. The summed E-state index contributed by atoms with van der Waals surface area (Å²) in [6.45, 7) is 1.24. The Morgan fingerprint density at radius 2 is 1.68 bits per heavy atom. The van der Waals surface area contributed by atoms with Crippen LogP contribution in [0.25, 0.3) is 0 Å². The average Bonchev–Trinajstić information content (AvgIpc) is 3.24. The second-order valence-corrected chi connectivity index (χ2v) is 8.50. The largest absolute Gasteiger partial charge is 0.352 e. The normalized spacial score (nSPS) is 14.6. The van der Waals surface area contributed by atoms with Crippen molar-refractivity contribution in [3.8, 4) is 0 Å². The fourth-order valence-electron chi connectivity index (χ4n) is 3.02. The van der Waals surface area contributed by atoms with Crippen LogP contribution in [0, 0.1) is 0 Å². The van der Waals surface area contributed by atoms with Gasteiger partial charge in [0.2, 0.25) is 15.9 Å². The fourth-order valence-corrected chi connectivity index (χ4v) is 4.58. The van der Waals surface area contributed by atoms with Crippen LogP contribution in [0.2, 0.25) is 0 Å². The number of hydrogen-bond donors (Lipinski definition) is 2.